The van der Waals surface area contributed by atoms with Crippen LogP contribution in [0.1, 0.15) is 20.3 Å². The van der Waals surface area contributed by atoms with Gasteiger partial charge in [0.15, 0.2) is 0 Å². The molecule has 0 spiro atoms. The summed E-state index contributed by atoms with van der Waals surface area (Å²) < 4.78 is 0. The molecule has 0 heterocycles. The molecule has 0 radical (unpaired) electrons. The average molecular weight is 218 g/mol. The van der Waals surface area contributed by atoms with Crippen LogP contribution in [0.4, 0.5) is 0 Å². The summed E-state index contributed by atoms with van der Waals surface area (Å²) >= 11 is 16.6. The summed E-state index contributed by atoms with van der Waals surface area (Å²) in [5.74, 6) is 0.332. The Morgan fingerprint density at radius 1 is 1.55 bits per heavy atom. The smallest absolute Gasteiger partial charge is 0.222 e. The molecule has 11 heavy (non-hydrogen) atoms. The Bertz CT molecular complexity index is 145. The fourth-order valence-electron chi connectivity index (χ4n) is 0.678. The highest BCUT2D eigenvalue weighted by Gasteiger charge is 2.29. The Labute approximate surface area is 82.0 Å². The third-order valence-electron chi connectivity index (χ3n) is 1.58. The van der Waals surface area contributed by atoms with Crippen LogP contribution in [0.5, 0.6) is 0 Å². The van der Waals surface area contributed by atoms with Gasteiger partial charge in [0.2, 0.25) is 5.24 Å². The monoisotopic (exact) mass is 216 g/mol. The Hall–Kier alpha value is 0.540. The highest BCUT2D eigenvalue weighted by molar-refractivity contribution is 6.63. The fourth-order valence-corrected chi connectivity index (χ4v) is 1.52. The van der Waals surface area contributed by atoms with Crippen molar-refractivity contribution in [3.8, 4) is 0 Å². The van der Waals surface area contributed by atoms with E-state index in [0.29, 0.717) is 5.88 Å². The first kappa shape index (κ1) is 11.5. The molecule has 0 amide bonds. The first-order valence-corrected chi connectivity index (χ1v) is 4.63. The normalized spacial score (nSPS) is 14.6. The van der Waals surface area contributed by atoms with E-state index in [2.05, 4.69) is 0 Å². The van der Waals surface area contributed by atoms with Gasteiger partial charge in [0.25, 0.3) is 0 Å². The molecule has 1 unspecified atom stereocenters. The van der Waals surface area contributed by atoms with Crippen molar-refractivity contribution < 1.29 is 4.79 Å². The van der Waals surface area contributed by atoms with Crippen molar-refractivity contribution in [2.45, 2.75) is 25.6 Å². The molecule has 0 saturated heterocycles. The van der Waals surface area contributed by atoms with Crippen LogP contribution in [-0.2, 0) is 4.79 Å². The van der Waals surface area contributed by atoms with Gasteiger partial charge < -0.3 is 0 Å². The largest absolute Gasteiger partial charge is 0.281 e. The van der Waals surface area contributed by atoms with Gasteiger partial charge in [-0.15, -0.1) is 23.2 Å². The Morgan fingerprint density at radius 2 is 2.00 bits per heavy atom. The molecule has 0 aliphatic heterocycles. The average Bonchev–Trinajstić information content (AvgIpc) is 1.83. The Morgan fingerprint density at radius 3 is 2.27 bits per heavy atom. The molecule has 0 fully saturated rings. The van der Waals surface area contributed by atoms with Crippen molar-refractivity contribution in [1.29, 1.82) is 0 Å². The molecule has 0 aromatic heterocycles. The summed E-state index contributed by atoms with van der Waals surface area (Å²) in [4.78, 5) is 10.5. The maximum Gasteiger partial charge on any atom is 0.222 e. The van der Waals surface area contributed by atoms with Crippen molar-refractivity contribution in [3.05, 3.63) is 0 Å². The molecule has 0 rings (SSSR count). The van der Waals surface area contributed by atoms with Crippen LogP contribution >= 0.6 is 34.8 Å². The number of halogens is 3. The summed E-state index contributed by atoms with van der Waals surface area (Å²) in [5, 5.41) is -0.586. The number of rotatable bonds is 4. The van der Waals surface area contributed by atoms with Gasteiger partial charge in [0.05, 0.1) is 5.38 Å². The molecule has 4 heteroatoms. The molecule has 0 N–H and O–H groups in total. The molecule has 66 valence electrons. The topological polar surface area (TPSA) is 17.1 Å². The molecule has 1 nitrogen and oxygen atoms in total. The highest BCUT2D eigenvalue weighted by Crippen LogP contribution is 2.30. The molecule has 0 aliphatic rings. The van der Waals surface area contributed by atoms with E-state index >= 15 is 0 Å². The van der Waals surface area contributed by atoms with Gasteiger partial charge in [0.1, 0.15) is 0 Å². The molecule has 0 bridgehead atoms. The molecule has 0 aromatic carbocycles. The van der Waals surface area contributed by atoms with Crippen molar-refractivity contribution in [2.75, 3.05) is 5.88 Å². The van der Waals surface area contributed by atoms with E-state index < -0.39 is 0 Å². The lowest BCUT2D eigenvalue weighted by atomic mass is 9.86. The van der Waals surface area contributed by atoms with E-state index in [0.717, 1.165) is 0 Å². The zero-order valence-electron chi connectivity index (χ0n) is 6.53. The minimum Gasteiger partial charge on any atom is -0.281 e. The Kier molecular flexibility index (Phi) is 4.76. The van der Waals surface area contributed by atoms with Crippen LogP contribution in [0.3, 0.4) is 0 Å². The van der Waals surface area contributed by atoms with Crippen molar-refractivity contribution in [3.63, 3.8) is 0 Å². The third kappa shape index (κ3) is 4.19. The summed E-state index contributed by atoms with van der Waals surface area (Å²) in [5.41, 5.74) is -0.317. The minimum atomic E-state index is -0.370. The highest BCUT2D eigenvalue weighted by atomic mass is 35.5. The van der Waals surface area contributed by atoms with Crippen molar-refractivity contribution >= 4 is 40.0 Å². The minimum absolute atomic E-state index is 0.216. The molecule has 0 saturated carbocycles. The number of hydrogen-bond donors (Lipinski definition) is 0. The van der Waals surface area contributed by atoms with Gasteiger partial charge in [-0.2, -0.15) is 0 Å². The van der Waals surface area contributed by atoms with E-state index in [1.807, 2.05) is 13.8 Å². The lowest BCUT2D eigenvalue weighted by Crippen LogP contribution is -2.27. The van der Waals surface area contributed by atoms with Gasteiger partial charge in [-0.25, -0.2) is 0 Å². The second kappa shape index (κ2) is 4.54. The van der Waals surface area contributed by atoms with Gasteiger partial charge >= 0.3 is 0 Å². The predicted molar refractivity (Wildman–Crippen MR) is 49.6 cm³/mol. The fraction of sp³-hybridized carbons (Fsp3) is 0.857. The Balaban J connectivity index is 4.08. The lowest BCUT2D eigenvalue weighted by Gasteiger charge is -2.26. The maximum atomic E-state index is 10.5. The van der Waals surface area contributed by atoms with Crippen LogP contribution in [0.25, 0.3) is 0 Å². The quantitative estimate of drug-likeness (QED) is 0.523. The maximum absolute atomic E-state index is 10.5. The molecule has 0 aromatic rings. The van der Waals surface area contributed by atoms with E-state index in [1.165, 1.54) is 0 Å². The van der Waals surface area contributed by atoms with Crippen LogP contribution in [0.15, 0.2) is 0 Å². The summed E-state index contributed by atoms with van der Waals surface area (Å²) in [6, 6.07) is 0. The SMILES string of the molecule is CC(C)(CC(=O)Cl)C(Cl)CCl. The second-order valence-electron chi connectivity index (χ2n) is 3.14. The van der Waals surface area contributed by atoms with E-state index in [9.17, 15) is 4.79 Å². The zero-order chi connectivity index (χ0) is 9.07. The summed E-state index contributed by atoms with van der Waals surface area (Å²) in [6.07, 6.45) is 0.259. The summed E-state index contributed by atoms with van der Waals surface area (Å²) in [6.45, 7) is 3.74. The second-order valence-corrected chi connectivity index (χ2v) is 4.40. The van der Waals surface area contributed by atoms with E-state index in [-0.39, 0.29) is 22.5 Å². The number of hydrogen-bond acceptors (Lipinski definition) is 1. The van der Waals surface area contributed by atoms with Gasteiger partial charge in [-0.1, -0.05) is 13.8 Å². The van der Waals surface area contributed by atoms with Crippen LogP contribution in [-0.4, -0.2) is 16.5 Å². The van der Waals surface area contributed by atoms with Gasteiger partial charge in [-0.05, 0) is 17.0 Å². The third-order valence-corrected chi connectivity index (χ3v) is 2.92. The molecule has 1 atom stereocenters. The lowest BCUT2D eigenvalue weighted by molar-refractivity contribution is -0.113. The van der Waals surface area contributed by atoms with Crippen molar-refractivity contribution in [2.24, 2.45) is 5.41 Å². The molecular formula is C7H11Cl3O. The first-order chi connectivity index (χ1) is 4.90. The number of carbonyl (C=O) groups is 1. The van der Waals surface area contributed by atoms with Crippen LogP contribution in [0, 0.1) is 5.41 Å². The van der Waals surface area contributed by atoms with E-state index in [1.54, 1.807) is 0 Å². The van der Waals surface area contributed by atoms with Gasteiger partial charge in [-0.3, -0.25) is 4.79 Å². The van der Waals surface area contributed by atoms with E-state index in [4.69, 9.17) is 34.8 Å². The van der Waals surface area contributed by atoms with Gasteiger partial charge in [0, 0.05) is 12.3 Å². The number of alkyl halides is 2. The molecular weight excluding hydrogens is 206 g/mol. The van der Waals surface area contributed by atoms with Crippen LogP contribution < -0.4 is 0 Å². The molecule has 0 aliphatic carbocycles. The predicted octanol–water partition coefficient (Wildman–Crippen LogP) is 3.01. The number of carbonyl (C=O) groups excluding carboxylic acids is 1. The summed E-state index contributed by atoms with van der Waals surface area (Å²) in [7, 11) is 0. The zero-order valence-corrected chi connectivity index (χ0v) is 8.80. The van der Waals surface area contributed by atoms with Crippen LogP contribution in [0.2, 0.25) is 0 Å². The first-order valence-electron chi connectivity index (χ1n) is 3.28. The van der Waals surface area contributed by atoms with Crippen molar-refractivity contribution in [1.82, 2.24) is 0 Å². The standard InChI is InChI=1S/C7H11Cl3O/c1-7(2,3-6(10)11)5(9)4-8/h5H,3-4H2,1-2H3.